The van der Waals surface area contributed by atoms with Crippen LogP contribution in [-0.4, -0.2) is 36.7 Å². The number of fused-ring (bicyclic) bond motifs is 1. The second-order valence-electron chi connectivity index (χ2n) is 5.53. The fourth-order valence-electron chi connectivity index (χ4n) is 2.36. The van der Waals surface area contributed by atoms with Crippen LogP contribution in [0.5, 0.6) is 0 Å². The van der Waals surface area contributed by atoms with Crippen LogP contribution in [0, 0.1) is 6.92 Å². The molecule has 0 radical (unpaired) electrons. The Morgan fingerprint density at radius 2 is 2.08 bits per heavy atom. The first-order valence-electron chi connectivity index (χ1n) is 7.76. The molecule has 2 aromatic rings. The number of anilines is 1. The van der Waals surface area contributed by atoms with Gasteiger partial charge in [-0.1, -0.05) is 0 Å². The third-order valence-electron chi connectivity index (χ3n) is 3.68. The van der Waals surface area contributed by atoms with E-state index in [1.807, 2.05) is 0 Å². The Balaban J connectivity index is 1.96. The molecule has 0 atom stereocenters. The Labute approximate surface area is 143 Å². The maximum atomic E-state index is 12.1. The second-order valence-corrected chi connectivity index (χ2v) is 5.53. The van der Waals surface area contributed by atoms with Gasteiger partial charge in [-0.05, 0) is 24.6 Å². The molecule has 0 fully saturated rings. The minimum Gasteiger partial charge on any atom is -0.481 e. The Morgan fingerprint density at radius 1 is 1.32 bits per heavy atom. The molecule has 0 aliphatic rings. The van der Waals surface area contributed by atoms with Crippen molar-refractivity contribution in [3.05, 3.63) is 39.7 Å². The summed E-state index contributed by atoms with van der Waals surface area (Å²) in [4.78, 5) is 34.4. The van der Waals surface area contributed by atoms with E-state index >= 15 is 0 Å². The molecular formula is C17H20N2O6. The van der Waals surface area contributed by atoms with E-state index < -0.39 is 11.6 Å². The lowest BCUT2D eigenvalue weighted by Crippen LogP contribution is -2.30. The van der Waals surface area contributed by atoms with Crippen LogP contribution in [0.15, 0.2) is 27.4 Å². The third kappa shape index (κ3) is 5.05. The summed E-state index contributed by atoms with van der Waals surface area (Å²) in [5.41, 5.74) is 6.96. The molecule has 4 N–H and O–H groups in total. The van der Waals surface area contributed by atoms with Crippen molar-refractivity contribution in [2.45, 2.75) is 19.8 Å². The van der Waals surface area contributed by atoms with E-state index in [2.05, 4.69) is 5.32 Å². The average molecular weight is 348 g/mol. The van der Waals surface area contributed by atoms with Gasteiger partial charge in [-0.3, -0.25) is 9.59 Å². The monoisotopic (exact) mass is 348 g/mol. The number of carbonyl (C=O) groups excluding carboxylic acids is 1. The molecule has 2 rings (SSSR count). The number of nitrogens with two attached hydrogens (primary N) is 1. The van der Waals surface area contributed by atoms with Crippen LogP contribution < -0.4 is 16.7 Å². The van der Waals surface area contributed by atoms with Gasteiger partial charge in [-0.25, -0.2) is 4.79 Å². The summed E-state index contributed by atoms with van der Waals surface area (Å²) in [5.74, 6) is -1.28. The number of carbonyl (C=O) groups is 2. The number of rotatable bonds is 8. The van der Waals surface area contributed by atoms with Crippen molar-refractivity contribution < 1.29 is 23.8 Å². The number of nitrogen functional groups attached to an aromatic ring is 1. The predicted molar refractivity (Wildman–Crippen MR) is 91.4 cm³/mol. The zero-order valence-corrected chi connectivity index (χ0v) is 13.8. The van der Waals surface area contributed by atoms with Gasteiger partial charge in [-0.2, -0.15) is 0 Å². The molecule has 1 amide bonds. The maximum absolute atomic E-state index is 12.1. The van der Waals surface area contributed by atoms with Gasteiger partial charge in [-0.15, -0.1) is 0 Å². The van der Waals surface area contributed by atoms with Crippen molar-refractivity contribution in [3.63, 3.8) is 0 Å². The fourth-order valence-corrected chi connectivity index (χ4v) is 2.36. The lowest BCUT2D eigenvalue weighted by Gasteiger charge is -2.09. The molecule has 1 aromatic heterocycles. The Bertz CT molecular complexity index is 843. The van der Waals surface area contributed by atoms with Gasteiger partial charge < -0.3 is 25.3 Å². The number of benzene rings is 1. The summed E-state index contributed by atoms with van der Waals surface area (Å²) in [6, 6.07) is 5.02. The molecule has 0 spiro atoms. The van der Waals surface area contributed by atoms with Gasteiger partial charge in [0.2, 0.25) is 5.91 Å². The highest BCUT2D eigenvalue weighted by atomic mass is 16.5. The van der Waals surface area contributed by atoms with E-state index in [9.17, 15) is 14.4 Å². The third-order valence-corrected chi connectivity index (χ3v) is 3.68. The second kappa shape index (κ2) is 8.29. The van der Waals surface area contributed by atoms with Crippen LogP contribution in [0.25, 0.3) is 11.0 Å². The smallest absolute Gasteiger partial charge is 0.340 e. The van der Waals surface area contributed by atoms with Crippen LogP contribution in [-0.2, 0) is 20.7 Å². The molecule has 8 heteroatoms. The average Bonchev–Trinajstić information content (AvgIpc) is 2.54. The molecule has 0 aliphatic heterocycles. The summed E-state index contributed by atoms with van der Waals surface area (Å²) in [6.45, 7) is 2.27. The van der Waals surface area contributed by atoms with Gasteiger partial charge in [0.05, 0.1) is 31.6 Å². The van der Waals surface area contributed by atoms with Gasteiger partial charge >= 0.3 is 11.6 Å². The van der Waals surface area contributed by atoms with Crippen molar-refractivity contribution in [3.8, 4) is 0 Å². The molecule has 8 nitrogen and oxygen atoms in total. The molecule has 0 aliphatic carbocycles. The number of hydrogen-bond acceptors (Lipinski definition) is 6. The summed E-state index contributed by atoms with van der Waals surface area (Å²) in [6.07, 6.45) is -0.195. The highest BCUT2D eigenvalue weighted by Gasteiger charge is 2.14. The van der Waals surface area contributed by atoms with E-state index in [0.29, 0.717) is 22.4 Å². The largest absolute Gasteiger partial charge is 0.481 e. The van der Waals surface area contributed by atoms with Gasteiger partial charge in [0.1, 0.15) is 5.58 Å². The first-order valence-corrected chi connectivity index (χ1v) is 7.76. The van der Waals surface area contributed by atoms with Crippen molar-refractivity contribution in [1.82, 2.24) is 5.32 Å². The molecule has 134 valence electrons. The molecule has 0 unspecified atom stereocenters. The molecule has 1 aromatic carbocycles. The van der Waals surface area contributed by atoms with Crippen LogP contribution in [0.3, 0.4) is 0 Å². The van der Waals surface area contributed by atoms with E-state index in [1.165, 1.54) is 0 Å². The van der Waals surface area contributed by atoms with E-state index in [1.54, 1.807) is 25.1 Å². The molecule has 0 saturated heterocycles. The first kappa shape index (κ1) is 18.5. The summed E-state index contributed by atoms with van der Waals surface area (Å²) >= 11 is 0. The van der Waals surface area contributed by atoms with Gasteiger partial charge in [0, 0.05) is 23.7 Å². The van der Waals surface area contributed by atoms with Crippen LogP contribution in [0.1, 0.15) is 17.5 Å². The quantitative estimate of drug-likeness (QED) is 0.366. The van der Waals surface area contributed by atoms with E-state index in [4.69, 9.17) is 20.0 Å². The number of carboxylic acid groups (broad SMARTS) is 1. The minimum absolute atomic E-state index is 0.0850. The SMILES string of the molecule is Cc1c(CC(=O)NCCOCCC(=O)O)c(=O)oc2cc(N)ccc12. The van der Waals surface area contributed by atoms with Crippen LogP contribution in [0.4, 0.5) is 5.69 Å². The van der Waals surface area contributed by atoms with Crippen LogP contribution in [0.2, 0.25) is 0 Å². The molecule has 0 saturated carbocycles. The zero-order chi connectivity index (χ0) is 18.4. The van der Waals surface area contributed by atoms with E-state index in [-0.39, 0.29) is 38.5 Å². The van der Waals surface area contributed by atoms with Gasteiger partial charge in [0.25, 0.3) is 0 Å². The first-order chi connectivity index (χ1) is 11.9. The topological polar surface area (TPSA) is 132 Å². The number of amides is 1. The predicted octanol–water partition coefficient (Wildman–Crippen LogP) is 0.834. The maximum Gasteiger partial charge on any atom is 0.340 e. The van der Waals surface area contributed by atoms with Crippen molar-refractivity contribution in [1.29, 1.82) is 0 Å². The zero-order valence-electron chi connectivity index (χ0n) is 13.8. The van der Waals surface area contributed by atoms with Crippen LogP contribution >= 0.6 is 0 Å². The molecular weight excluding hydrogens is 328 g/mol. The fraction of sp³-hybridized carbons (Fsp3) is 0.353. The Hall–Kier alpha value is -2.87. The molecule has 25 heavy (non-hydrogen) atoms. The number of aliphatic carboxylic acids is 1. The Kier molecular flexibility index (Phi) is 6.13. The minimum atomic E-state index is -0.940. The molecule has 0 bridgehead atoms. The summed E-state index contributed by atoms with van der Waals surface area (Å²) in [5, 5.41) is 11.8. The van der Waals surface area contributed by atoms with Crippen molar-refractivity contribution >= 4 is 28.5 Å². The number of ether oxygens (including phenoxy) is 1. The number of hydrogen-bond donors (Lipinski definition) is 3. The van der Waals surface area contributed by atoms with Crippen molar-refractivity contribution in [2.75, 3.05) is 25.5 Å². The highest BCUT2D eigenvalue weighted by molar-refractivity contribution is 5.86. The lowest BCUT2D eigenvalue weighted by atomic mass is 10.0. The Morgan fingerprint density at radius 3 is 2.80 bits per heavy atom. The summed E-state index contributed by atoms with van der Waals surface area (Å²) in [7, 11) is 0. The van der Waals surface area contributed by atoms with Gasteiger partial charge in [0.15, 0.2) is 0 Å². The molecule has 1 heterocycles. The van der Waals surface area contributed by atoms with E-state index in [0.717, 1.165) is 5.39 Å². The highest BCUT2D eigenvalue weighted by Crippen LogP contribution is 2.21. The normalized spacial score (nSPS) is 10.8. The van der Waals surface area contributed by atoms with Crippen molar-refractivity contribution in [2.24, 2.45) is 0 Å². The number of aryl methyl sites for hydroxylation is 1. The standard InChI is InChI=1S/C17H20N2O6/c1-10-12-3-2-11(18)8-14(12)25-17(23)13(10)9-15(20)19-5-7-24-6-4-16(21)22/h2-3,8H,4-7,9,18H2,1H3,(H,19,20)(H,21,22). The summed E-state index contributed by atoms with van der Waals surface area (Å²) < 4.78 is 10.3. The number of nitrogens with one attached hydrogen (secondary N) is 1. The number of carboxylic acids is 1. The lowest BCUT2D eigenvalue weighted by molar-refractivity contribution is -0.138.